The van der Waals surface area contributed by atoms with Crippen LogP contribution in [0.15, 0.2) is 28.5 Å². The quantitative estimate of drug-likeness (QED) is 0.731. The molecule has 1 saturated heterocycles. The summed E-state index contributed by atoms with van der Waals surface area (Å²) in [4.78, 5) is 17.4. The van der Waals surface area contributed by atoms with Crippen LogP contribution in [0.1, 0.15) is 34.7 Å². The van der Waals surface area contributed by atoms with Crippen molar-refractivity contribution < 1.29 is 13.2 Å². The summed E-state index contributed by atoms with van der Waals surface area (Å²) in [5, 5.41) is 5.88. The van der Waals surface area contributed by atoms with Gasteiger partial charge in [0.05, 0.1) is 21.5 Å². The normalized spacial score (nSPS) is 19.8. The third-order valence-corrected chi connectivity index (χ3v) is 9.27. The minimum absolute atomic E-state index is 0.233. The van der Waals surface area contributed by atoms with Crippen LogP contribution in [0, 0.1) is 6.92 Å². The van der Waals surface area contributed by atoms with Gasteiger partial charge >= 0.3 is 0 Å². The summed E-state index contributed by atoms with van der Waals surface area (Å²) in [6, 6.07) is 4.78. The van der Waals surface area contributed by atoms with Gasteiger partial charge in [-0.1, -0.05) is 6.07 Å². The molecule has 4 rings (SSSR count). The predicted molar refractivity (Wildman–Crippen MR) is 117 cm³/mol. The van der Waals surface area contributed by atoms with Crippen LogP contribution >= 0.6 is 23.1 Å². The van der Waals surface area contributed by atoms with Gasteiger partial charge in [0, 0.05) is 24.1 Å². The fraction of sp³-hybridized carbons (Fsp3) is 0.500. The minimum Gasteiger partial charge on any atom is -0.354 e. The van der Waals surface area contributed by atoms with E-state index in [1.807, 2.05) is 24.4 Å². The molecule has 1 N–H and O–H groups in total. The molecule has 156 valence electrons. The van der Waals surface area contributed by atoms with Crippen molar-refractivity contribution in [3.8, 4) is 0 Å². The number of rotatable bonds is 6. The second-order valence-electron chi connectivity index (χ2n) is 7.44. The molecule has 1 fully saturated rings. The Kier molecular flexibility index (Phi) is 6.29. The van der Waals surface area contributed by atoms with E-state index in [1.54, 1.807) is 17.4 Å². The maximum atomic E-state index is 13.3. The monoisotopic (exact) mass is 451 g/mol. The van der Waals surface area contributed by atoms with Gasteiger partial charge in [0.25, 0.3) is 0 Å². The summed E-state index contributed by atoms with van der Waals surface area (Å²) >= 11 is 3.06. The molecule has 1 aromatic carbocycles. The van der Waals surface area contributed by atoms with Crippen LogP contribution in [-0.4, -0.2) is 47.8 Å². The van der Waals surface area contributed by atoms with Gasteiger partial charge in [0.1, 0.15) is 6.04 Å². The second-order valence-corrected chi connectivity index (χ2v) is 11.4. The van der Waals surface area contributed by atoms with Crippen molar-refractivity contribution >= 4 is 39.0 Å². The Hall–Kier alpha value is -1.42. The molecule has 1 amide bonds. The van der Waals surface area contributed by atoms with Gasteiger partial charge in [-0.25, -0.2) is 13.4 Å². The molecular formula is C20H25N3O3S3. The lowest BCUT2D eigenvalue weighted by molar-refractivity contribution is -0.123. The van der Waals surface area contributed by atoms with Crippen molar-refractivity contribution in [3.63, 3.8) is 0 Å². The van der Waals surface area contributed by atoms with Crippen LogP contribution in [0.2, 0.25) is 0 Å². The number of benzene rings is 1. The first kappa shape index (κ1) is 20.8. The molecule has 6 nitrogen and oxygen atoms in total. The zero-order valence-corrected chi connectivity index (χ0v) is 18.8. The molecule has 0 saturated carbocycles. The lowest BCUT2D eigenvalue weighted by Crippen LogP contribution is -2.47. The Bertz CT molecular complexity index is 1000. The van der Waals surface area contributed by atoms with Gasteiger partial charge in [-0.05, 0) is 55.9 Å². The van der Waals surface area contributed by atoms with E-state index in [-0.39, 0.29) is 5.91 Å². The van der Waals surface area contributed by atoms with Crippen molar-refractivity contribution in [2.24, 2.45) is 0 Å². The van der Waals surface area contributed by atoms with E-state index in [4.69, 9.17) is 0 Å². The van der Waals surface area contributed by atoms with E-state index < -0.39 is 16.1 Å². The van der Waals surface area contributed by atoms with Gasteiger partial charge < -0.3 is 5.32 Å². The van der Waals surface area contributed by atoms with Gasteiger partial charge in [-0.2, -0.15) is 4.31 Å². The fourth-order valence-corrected chi connectivity index (χ4v) is 7.68. The van der Waals surface area contributed by atoms with E-state index in [0.717, 1.165) is 41.9 Å². The largest absolute Gasteiger partial charge is 0.354 e. The fourth-order valence-electron chi connectivity index (χ4n) is 3.83. The molecule has 29 heavy (non-hydrogen) atoms. The SMILES string of the molecule is Cc1nc(CCNC(=O)C2CSCN2S(=O)(=O)c2ccc3c(c2)CCCC3)cs1. The predicted octanol–water partition coefficient (Wildman–Crippen LogP) is 2.75. The lowest BCUT2D eigenvalue weighted by atomic mass is 9.92. The molecule has 1 aliphatic carbocycles. The van der Waals surface area contributed by atoms with Crippen LogP contribution in [0.3, 0.4) is 0 Å². The third-order valence-electron chi connectivity index (χ3n) is 5.42. The molecule has 1 aliphatic heterocycles. The van der Waals surface area contributed by atoms with Crippen molar-refractivity contribution in [3.05, 3.63) is 45.4 Å². The van der Waals surface area contributed by atoms with E-state index in [1.165, 1.54) is 21.6 Å². The first-order chi connectivity index (χ1) is 13.9. The molecule has 2 aliphatic rings. The molecular weight excluding hydrogens is 426 g/mol. The van der Waals surface area contributed by atoms with Crippen LogP contribution in [0.4, 0.5) is 0 Å². The summed E-state index contributed by atoms with van der Waals surface area (Å²) in [5.74, 6) is 0.553. The second kappa shape index (κ2) is 8.75. The number of carbonyl (C=O) groups is 1. The maximum Gasteiger partial charge on any atom is 0.244 e. The molecule has 9 heteroatoms. The van der Waals surface area contributed by atoms with Crippen molar-refractivity contribution in [2.75, 3.05) is 18.2 Å². The first-order valence-electron chi connectivity index (χ1n) is 9.85. The number of sulfonamides is 1. The highest BCUT2D eigenvalue weighted by Crippen LogP contribution is 2.31. The Morgan fingerprint density at radius 3 is 2.83 bits per heavy atom. The average molecular weight is 452 g/mol. The third kappa shape index (κ3) is 4.52. The lowest BCUT2D eigenvalue weighted by Gasteiger charge is -2.24. The summed E-state index contributed by atoms with van der Waals surface area (Å²) in [5.41, 5.74) is 3.33. The minimum atomic E-state index is -3.70. The van der Waals surface area contributed by atoms with Gasteiger partial charge in [-0.15, -0.1) is 23.1 Å². The standard InChI is InChI=1S/C20H25N3O3S3/c1-14-22-17(11-28-14)8-9-21-20(24)19-12-27-13-23(19)29(25,26)18-7-6-15-4-2-3-5-16(15)10-18/h6-7,10-11,19H,2-5,8-9,12-13H2,1H3,(H,21,24). The van der Waals surface area contributed by atoms with E-state index in [0.29, 0.717) is 29.5 Å². The summed E-state index contributed by atoms with van der Waals surface area (Å²) < 4.78 is 27.9. The molecule has 2 heterocycles. The molecule has 1 unspecified atom stereocenters. The van der Waals surface area contributed by atoms with Gasteiger partial charge in [-0.3, -0.25) is 4.79 Å². The molecule has 0 bridgehead atoms. The average Bonchev–Trinajstić information content (AvgIpc) is 3.37. The number of thioether (sulfide) groups is 1. The van der Waals surface area contributed by atoms with Crippen LogP contribution in [-0.2, 0) is 34.1 Å². The molecule has 0 radical (unpaired) electrons. The van der Waals surface area contributed by atoms with Crippen LogP contribution in [0.5, 0.6) is 0 Å². The number of nitrogens with zero attached hydrogens (tertiary/aromatic N) is 2. The molecule has 1 aromatic heterocycles. The Balaban J connectivity index is 1.44. The topological polar surface area (TPSA) is 79.4 Å². The molecule has 0 spiro atoms. The summed E-state index contributed by atoms with van der Waals surface area (Å²) in [7, 11) is -3.70. The number of nitrogens with one attached hydrogen (secondary N) is 1. The summed E-state index contributed by atoms with van der Waals surface area (Å²) in [6.07, 6.45) is 4.84. The number of aryl methyl sites for hydroxylation is 3. The highest BCUT2D eigenvalue weighted by Gasteiger charge is 2.40. The van der Waals surface area contributed by atoms with Crippen molar-refractivity contribution in [1.82, 2.24) is 14.6 Å². The number of hydrogen-bond donors (Lipinski definition) is 1. The highest BCUT2D eigenvalue weighted by atomic mass is 32.2. The first-order valence-corrected chi connectivity index (χ1v) is 13.3. The number of carbonyl (C=O) groups excluding carboxylic acids is 1. The summed E-state index contributed by atoms with van der Waals surface area (Å²) in [6.45, 7) is 2.40. The van der Waals surface area contributed by atoms with Crippen LogP contribution in [0.25, 0.3) is 0 Å². The highest BCUT2D eigenvalue weighted by molar-refractivity contribution is 8.00. The Morgan fingerprint density at radius 1 is 1.28 bits per heavy atom. The van der Waals surface area contributed by atoms with E-state index in [2.05, 4.69) is 10.3 Å². The smallest absolute Gasteiger partial charge is 0.244 e. The maximum absolute atomic E-state index is 13.3. The Labute approximate surface area is 180 Å². The number of thiazole rings is 1. The Morgan fingerprint density at radius 2 is 2.07 bits per heavy atom. The number of aromatic nitrogens is 1. The number of amides is 1. The zero-order chi connectivity index (χ0) is 20.4. The number of hydrogen-bond acceptors (Lipinski definition) is 6. The molecule has 1 atom stereocenters. The van der Waals surface area contributed by atoms with Crippen LogP contribution < -0.4 is 5.32 Å². The van der Waals surface area contributed by atoms with Crippen molar-refractivity contribution in [1.29, 1.82) is 0 Å². The zero-order valence-electron chi connectivity index (χ0n) is 16.4. The van der Waals surface area contributed by atoms with E-state index >= 15 is 0 Å². The van der Waals surface area contributed by atoms with Crippen molar-refractivity contribution in [2.45, 2.75) is 50.0 Å². The van der Waals surface area contributed by atoms with Gasteiger partial charge in [0.15, 0.2) is 0 Å². The number of fused-ring (bicyclic) bond motifs is 1. The molecule has 2 aromatic rings. The van der Waals surface area contributed by atoms with E-state index in [9.17, 15) is 13.2 Å². The van der Waals surface area contributed by atoms with Gasteiger partial charge in [0.2, 0.25) is 15.9 Å².